The van der Waals surface area contributed by atoms with Crippen LogP contribution >= 0.6 is 11.6 Å². The summed E-state index contributed by atoms with van der Waals surface area (Å²) in [7, 11) is 4.90. The monoisotopic (exact) mass is 371 g/mol. The van der Waals surface area contributed by atoms with Crippen LogP contribution in [0.4, 0.5) is 5.69 Å². The second kappa shape index (κ2) is 6.76. The normalized spacial score (nSPS) is 23.0. The van der Waals surface area contributed by atoms with Gasteiger partial charge in [0.15, 0.2) is 11.5 Å². The molecule has 4 rings (SSSR count). The average Bonchev–Trinajstić information content (AvgIpc) is 3.16. The summed E-state index contributed by atoms with van der Waals surface area (Å²) in [6.45, 7) is 0. The van der Waals surface area contributed by atoms with Gasteiger partial charge in [0.25, 0.3) is 0 Å². The Labute approximate surface area is 158 Å². The quantitative estimate of drug-likeness (QED) is 0.750. The van der Waals surface area contributed by atoms with Crippen molar-refractivity contribution in [3.8, 4) is 17.2 Å². The van der Waals surface area contributed by atoms with Gasteiger partial charge in [-0.05, 0) is 41.7 Å². The van der Waals surface area contributed by atoms with E-state index in [1.807, 2.05) is 24.3 Å². The Hall–Kier alpha value is -2.33. The molecule has 2 aliphatic rings. The predicted molar refractivity (Wildman–Crippen MR) is 104 cm³/mol. The lowest BCUT2D eigenvalue weighted by atomic mass is 9.77. The van der Waals surface area contributed by atoms with Gasteiger partial charge in [-0.3, -0.25) is 0 Å². The summed E-state index contributed by atoms with van der Waals surface area (Å²) in [5.41, 5.74) is 3.38. The summed E-state index contributed by atoms with van der Waals surface area (Å²) in [5.74, 6) is 2.71. The van der Waals surface area contributed by atoms with Gasteiger partial charge in [-0.1, -0.05) is 35.9 Å². The van der Waals surface area contributed by atoms with Gasteiger partial charge in [-0.15, -0.1) is 0 Å². The van der Waals surface area contributed by atoms with Crippen molar-refractivity contribution in [2.45, 2.75) is 18.4 Å². The third-order valence-corrected chi connectivity index (χ3v) is 5.71. The van der Waals surface area contributed by atoms with E-state index in [2.05, 4.69) is 23.5 Å². The molecule has 136 valence electrons. The van der Waals surface area contributed by atoms with E-state index in [1.165, 1.54) is 5.56 Å². The molecule has 2 aromatic rings. The summed E-state index contributed by atoms with van der Waals surface area (Å²) >= 11 is 6.49. The molecule has 1 aliphatic heterocycles. The average molecular weight is 372 g/mol. The van der Waals surface area contributed by atoms with Crippen LogP contribution in [-0.2, 0) is 0 Å². The number of para-hydroxylation sites is 1. The molecular formula is C21H22ClNO3. The molecule has 0 radical (unpaired) electrons. The zero-order chi connectivity index (χ0) is 18.3. The number of benzene rings is 2. The van der Waals surface area contributed by atoms with Crippen molar-refractivity contribution in [3.63, 3.8) is 0 Å². The van der Waals surface area contributed by atoms with Crippen LogP contribution in [0, 0.1) is 5.92 Å². The van der Waals surface area contributed by atoms with Crippen molar-refractivity contribution in [1.29, 1.82) is 0 Å². The predicted octanol–water partition coefficient (Wildman–Crippen LogP) is 5.19. The maximum atomic E-state index is 6.49. The molecule has 26 heavy (non-hydrogen) atoms. The molecule has 1 N–H and O–H groups in total. The van der Waals surface area contributed by atoms with E-state index in [-0.39, 0.29) is 6.04 Å². The zero-order valence-corrected chi connectivity index (χ0v) is 15.8. The SMILES string of the molecule is COc1cc([C@@H]2Nc3c(Cl)cccc3[C@H]3C=CC[C@H]32)cc(OC)c1OC. The first-order valence-electron chi connectivity index (χ1n) is 8.69. The Balaban J connectivity index is 1.82. The smallest absolute Gasteiger partial charge is 0.203 e. The first-order chi connectivity index (χ1) is 12.7. The molecule has 0 spiro atoms. The number of halogens is 1. The molecule has 2 aromatic carbocycles. The Morgan fingerprint density at radius 2 is 1.77 bits per heavy atom. The van der Waals surface area contributed by atoms with Crippen LogP contribution in [0.25, 0.3) is 0 Å². The number of methoxy groups -OCH3 is 3. The highest BCUT2D eigenvalue weighted by molar-refractivity contribution is 6.33. The van der Waals surface area contributed by atoms with Crippen molar-refractivity contribution >= 4 is 17.3 Å². The zero-order valence-electron chi connectivity index (χ0n) is 15.1. The van der Waals surface area contributed by atoms with Crippen molar-refractivity contribution in [1.82, 2.24) is 0 Å². The topological polar surface area (TPSA) is 39.7 Å². The molecule has 3 atom stereocenters. The van der Waals surface area contributed by atoms with Crippen LogP contribution in [0.3, 0.4) is 0 Å². The lowest BCUT2D eigenvalue weighted by Gasteiger charge is -2.38. The number of anilines is 1. The van der Waals surface area contributed by atoms with Crippen molar-refractivity contribution < 1.29 is 14.2 Å². The second-order valence-electron chi connectivity index (χ2n) is 6.64. The lowest BCUT2D eigenvalue weighted by Crippen LogP contribution is -2.29. The van der Waals surface area contributed by atoms with Crippen LogP contribution in [0.5, 0.6) is 17.2 Å². The highest BCUT2D eigenvalue weighted by Gasteiger charge is 2.39. The molecule has 0 aromatic heterocycles. The van der Waals surface area contributed by atoms with Gasteiger partial charge in [0, 0.05) is 5.92 Å². The highest BCUT2D eigenvalue weighted by atomic mass is 35.5. The first kappa shape index (κ1) is 17.1. The molecule has 0 saturated heterocycles. The summed E-state index contributed by atoms with van der Waals surface area (Å²) in [5, 5.41) is 4.42. The largest absolute Gasteiger partial charge is 0.493 e. The van der Waals surface area contributed by atoms with Gasteiger partial charge in [-0.2, -0.15) is 0 Å². The molecule has 0 unspecified atom stereocenters. The van der Waals surface area contributed by atoms with Gasteiger partial charge >= 0.3 is 0 Å². The van der Waals surface area contributed by atoms with Gasteiger partial charge in [0.2, 0.25) is 5.75 Å². The molecule has 5 heteroatoms. The van der Waals surface area contributed by atoms with E-state index in [4.69, 9.17) is 25.8 Å². The fraction of sp³-hybridized carbons (Fsp3) is 0.333. The van der Waals surface area contributed by atoms with Crippen molar-refractivity contribution in [2.24, 2.45) is 5.92 Å². The summed E-state index contributed by atoms with van der Waals surface area (Å²) in [6.07, 6.45) is 5.58. The number of ether oxygens (including phenoxy) is 3. The van der Waals surface area contributed by atoms with Crippen LogP contribution in [0.15, 0.2) is 42.5 Å². The Bertz CT molecular complexity index is 839. The van der Waals surface area contributed by atoms with Crippen LogP contribution in [0.1, 0.15) is 29.5 Å². The van der Waals surface area contributed by atoms with Crippen molar-refractivity contribution in [3.05, 3.63) is 58.6 Å². The minimum Gasteiger partial charge on any atom is -0.493 e. The number of nitrogens with one attached hydrogen (secondary N) is 1. The maximum Gasteiger partial charge on any atom is 0.203 e. The van der Waals surface area contributed by atoms with Crippen LogP contribution < -0.4 is 19.5 Å². The molecule has 1 aliphatic carbocycles. The van der Waals surface area contributed by atoms with Crippen LogP contribution in [0.2, 0.25) is 5.02 Å². The number of fused-ring (bicyclic) bond motifs is 3. The Morgan fingerprint density at radius 1 is 1.04 bits per heavy atom. The third kappa shape index (κ3) is 2.60. The minimum absolute atomic E-state index is 0.108. The summed E-state index contributed by atoms with van der Waals surface area (Å²) < 4.78 is 16.5. The number of rotatable bonds is 4. The lowest BCUT2D eigenvalue weighted by molar-refractivity contribution is 0.322. The summed E-state index contributed by atoms with van der Waals surface area (Å²) in [4.78, 5) is 0. The molecule has 0 saturated carbocycles. The molecule has 0 amide bonds. The molecule has 4 nitrogen and oxygen atoms in total. The molecule has 1 heterocycles. The van der Waals surface area contributed by atoms with Gasteiger partial charge < -0.3 is 19.5 Å². The van der Waals surface area contributed by atoms with E-state index in [9.17, 15) is 0 Å². The van der Waals surface area contributed by atoms with Gasteiger partial charge in [-0.25, -0.2) is 0 Å². The first-order valence-corrected chi connectivity index (χ1v) is 9.07. The van der Waals surface area contributed by atoms with Crippen LogP contribution in [-0.4, -0.2) is 21.3 Å². The van der Waals surface area contributed by atoms with E-state index >= 15 is 0 Å². The molecule has 0 bridgehead atoms. The van der Waals surface area contributed by atoms with Gasteiger partial charge in [0.1, 0.15) is 0 Å². The Morgan fingerprint density at radius 3 is 2.42 bits per heavy atom. The van der Waals surface area contributed by atoms with E-state index in [0.29, 0.717) is 29.1 Å². The van der Waals surface area contributed by atoms with Crippen molar-refractivity contribution in [2.75, 3.05) is 26.6 Å². The van der Waals surface area contributed by atoms with E-state index in [0.717, 1.165) is 22.7 Å². The number of hydrogen-bond donors (Lipinski definition) is 1. The summed E-state index contributed by atoms with van der Waals surface area (Å²) in [6, 6.07) is 10.3. The third-order valence-electron chi connectivity index (χ3n) is 5.39. The minimum atomic E-state index is 0.108. The number of hydrogen-bond acceptors (Lipinski definition) is 4. The Kier molecular flexibility index (Phi) is 4.45. The standard InChI is InChI=1S/C21H22ClNO3/c1-24-17-10-12(11-18(25-2)21(17)26-3)19-14-7-4-6-13(14)15-8-5-9-16(22)20(15)23-19/h4-6,8-11,13-14,19,23H,7H2,1-3H3/t13-,14+,19-/m0/s1. The highest BCUT2D eigenvalue weighted by Crippen LogP contribution is 2.52. The van der Waals surface area contributed by atoms with E-state index in [1.54, 1.807) is 21.3 Å². The fourth-order valence-electron chi connectivity index (χ4n) is 4.19. The second-order valence-corrected chi connectivity index (χ2v) is 7.05. The molecular weight excluding hydrogens is 350 g/mol. The molecule has 0 fully saturated rings. The fourth-order valence-corrected chi connectivity index (χ4v) is 4.43. The van der Waals surface area contributed by atoms with Gasteiger partial charge in [0.05, 0.1) is 38.1 Å². The number of allylic oxidation sites excluding steroid dienone is 2. The maximum absolute atomic E-state index is 6.49. The van der Waals surface area contributed by atoms with E-state index < -0.39 is 0 Å².